The highest BCUT2D eigenvalue weighted by Gasteiger charge is 2.40. The second kappa shape index (κ2) is 7.96. The molecule has 0 aliphatic carbocycles. The maximum absolute atomic E-state index is 13.4. The Kier molecular flexibility index (Phi) is 5.16. The van der Waals surface area contributed by atoms with Crippen LogP contribution in [0.15, 0.2) is 42.5 Å². The number of halogens is 1. The van der Waals surface area contributed by atoms with Crippen molar-refractivity contribution < 1.29 is 13.9 Å². The number of carbonyl (C=O) groups excluding carboxylic acids is 1. The maximum atomic E-state index is 13.4. The molecule has 0 radical (unpaired) electrons. The molecule has 2 fully saturated rings. The third kappa shape index (κ3) is 4.04. The lowest BCUT2D eigenvalue weighted by atomic mass is 9.96. The van der Waals surface area contributed by atoms with Gasteiger partial charge in [-0.1, -0.05) is 23.5 Å². The van der Waals surface area contributed by atoms with E-state index >= 15 is 0 Å². The number of nitrogens with one attached hydrogen (secondary N) is 1. The van der Waals surface area contributed by atoms with Gasteiger partial charge in [-0.15, -0.1) is 0 Å². The maximum Gasteiger partial charge on any atom is 0.279 e. The predicted octanol–water partition coefficient (Wildman–Crippen LogP) is 4.86. The summed E-state index contributed by atoms with van der Waals surface area (Å²) in [6.45, 7) is 2.52. The Morgan fingerprint density at radius 1 is 1.20 bits per heavy atom. The summed E-state index contributed by atoms with van der Waals surface area (Å²) in [5.41, 5.74) is 2.00. The van der Waals surface area contributed by atoms with Crippen LogP contribution in [0.3, 0.4) is 0 Å². The minimum atomic E-state index is -0.267. The van der Waals surface area contributed by atoms with Crippen molar-refractivity contribution in [1.29, 1.82) is 0 Å². The fourth-order valence-corrected chi connectivity index (χ4v) is 5.69. The molecule has 1 amide bonds. The Morgan fingerprint density at radius 2 is 1.93 bits per heavy atom. The monoisotopic (exact) mass is 425 g/mol. The molecule has 2 bridgehead atoms. The van der Waals surface area contributed by atoms with E-state index in [1.165, 1.54) is 41.9 Å². The van der Waals surface area contributed by atoms with Crippen molar-refractivity contribution in [3.8, 4) is 10.9 Å². The van der Waals surface area contributed by atoms with E-state index < -0.39 is 0 Å². The molecule has 3 aromatic rings. The summed E-state index contributed by atoms with van der Waals surface area (Å²) in [7, 11) is 0. The number of benzene rings is 2. The van der Waals surface area contributed by atoms with Crippen LogP contribution in [0.25, 0.3) is 10.2 Å². The first-order valence-electron chi connectivity index (χ1n) is 10.4. The van der Waals surface area contributed by atoms with Gasteiger partial charge >= 0.3 is 0 Å². The van der Waals surface area contributed by atoms with Gasteiger partial charge in [0.05, 0.1) is 10.2 Å². The standard InChI is InChI=1S/C23H24FN3O2S/c1-14(28)25-17-11-18-5-6-19(12-17)27(18)13-15-2-7-20(8-3-15)29-23-26-21-9-4-16(24)10-22(21)30-23/h2-4,7-10,17-19H,5-6,11-13H2,1H3,(H,25,28)/t17-,18-,19+. The summed E-state index contributed by atoms with van der Waals surface area (Å²) in [6.07, 6.45) is 4.49. The van der Waals surface area contributed by atoms with E-state index in [9.17, 15) is 9.18 Å². The summed E-state index contributed by atoms with van der Waals surface area (Å²) in [5.74, 6) is 0.532. The minimum absolute atomic E-state index is 0.0710. The summed E-state index contributed by atoms with van der Waals surface area (Å²) < 4.78 is 20.0. The quantitative estimate of drug-likeness (QED) is 0.634. The third-order valence-corrected chi connectivity index (χ3v) is 7.01. The molecule has 2 aromatic carbocycles. The van der Waals surface area contributed by atoms with Crippen LogP contribution in [0, 0.1) is 5.82 Å². The number of hydrogen-bond donors (Lipinski definition) is 1. The Balaban J connectivity index is 1.23. The Labute approximate surface area is 178 Å². The largest absolute Gasteiger partial charge is 0.431 e. The average Bonchev–Trinajstić information content (AvgIpc) is 3.19. The number of nitrogens with zero attached hydrogens (tertiary/aromatic N) is 2. The lowest BCUT2D eigenvalue weighted by molar-refractivity contribution is -0.120. The van der Waals surface area contributed by atoms with Gasteiger partial charge in [0.25, 0.3) is 5.19 Å². The molecule has 2 aliphatic heterocycles. The zero-order chi connectivity index (χ0) is 20.7. The summed E-state index contributed by atoms with van der Waals surface area (Å²) in [5, 5.41) is 3.62. The summed E-state index contributed by atoms with van der Waals surface area (Å²) in [6, 6.07) is 14.1. The second-order valence-electron chi connectivity index (χ2n) is 8.26. The van der Waals surface area contributed by atoms with Crippen LogP contribution in [-0.4, -0.2) is 33.9 Å². The topological polar surface area (TPSA) is 54.5 Å². The van der Waals surface area contributed by atoms with Gasteiger partial charge in [0.1, 0.15) is 11.6 Å². The number of fused-ring (bicyclic) bond motifs is 3. The van der Waals surface area contributed by atoms with Crippen molar-refractivity contribution in [2.24, 2.45) is 0 Å². The summed E-state index contributed by atoms with van der Waals surface area (Å²) in [4.78, 5) is 18.4. The fourth-order valence-electron chi connectivity index (χ4n) is 4.83. The fraction of sp³-hybridized carbons (Fsp3) is 0.391. The van der Waals surface area contributed by atoms with Crippen LogP contribution in [0.5, 0.6) is 10.9 Å². The molecule has 2 aliphatic rings. The molecule has 7 heteroatoms. The van der Waals surface area contributed by atoms with Crippen LogP contribution in [0.4, 0.5) is 4.39 Å². The highest BCUT2D eigenvalue weighted by molar-refractivity contribution is 7.20. The second-order valence-corrected chi connectivity index (χ2v) is 9.26. The van der Waals surface area contributed by atoms with Crippen LogP contribution < -0.4 is 10.1 Å². The highest BCUT2D eigenvalue weighted by atomic mass is 32.1. The highest BCUT2D eigenvalue weighted by Crippen LogP contribution is 2.37. The third-order valence-electron chi connectivity index (χ3n) is 6.12. The van der Waals surface area contributed by atoms with Crippen molar-refractivity contribution in [2.75, 3.05) is 0 Å². The van der Waals surface area contributed by atoms with Crippen LogP contribution in [-0.2, 0) is 11.3 Å². The van der Waals surface area contributed by atoms with E-state index in [1.807, 2.05) is 12.1 Å². The van der Waals surface area contributed by atoms with Gasteiger partial charge in [0.2, 0.25) is 5.91 Å². The van der Waals surface area contributed by atoms with Gasteiger partial charge < -0.3 is 10.1 Å². The molecule has 3 atom stereocenters. The molecule has 0 saturated carbocycles. The van der Waals surface area contributed by atoms with E-state index in [2.05, 4.69) is 27.3 Å². The van der Waals surface area contributed by atoms with Gasteiger partial charge in [0.15, 0.2) is 0 Å². The number of aromatic nitrogens is 1. The first-order valence-corrected chi connectivity index (χ1v) is 11.2. The number of hydrogen-bond acceptors (Lipinski definition) is 5. The predicted molar refractivity (Wildman–Crippen MR) is 115 cm³/mol. The molecular weight excluding hydrogens is 401 g/mol. The molecule has 5 nitrogen and oxygen atoms in total. The number of piperidine rings is 1. The van der Waals surface area contributed by atoms with Gasteiger partial charge in [-0.25, -0.2) is 9.37 Å². The van der Waals surface area contributed by atoms with E-state index in [1.54, 1.807) is 13.0 Å². The molecule has 156 valence electrons. The van der Waals surface area contributed by atoms with Crippen LogP contribution in [0.1, 0.15) is 38.2 Å². The normalized spacial score (nSPS) is 23.6. The van der Waals surface area contributed by atoms with Gasteiger partial charge in [0, 0.05) is 31.6 Å². The molecule has 2 saturated heterocycles. The number of rotatable bonds is 5. The Morgan fingerprint density at radius 3 is 2.63 bits per heavy atom. The number of carbonyl (C=O) groups is 1. The van der Waals surface area contributed by atoms with Crippen LogP contribution >= 0.6 is 11.3 Å². The number of thiazole rings is 1. The zero-order valence-corrected chi connectivity index (χ0v) is 17.6. The van der Waals surface area contributed by atoms with E-state index in [0.29, 0.717) is 23.3 Å². The van der Waals surface area contributed by atoms with Crippen LogP contribution in [0.2, 0.25) is 0 Å². The lowest BCUT2D eigenvalue weighted by Gasteiger charge is -2.39. The van der Waals surface area contributed by atoms with E-state index in [-0.39, 0.29) is 11.7 Å². The SMILES string of the molecule is CC(=O)N[C@@H]1C[C@H]2CC[C@@H](C1)N2Cc1ccc(Oc2nc3ccc(F)cc3s2)cc1. The molecule has 5 rings (SSSR count). The van der Waals surface area contributed by atoms with Gasteiger partial charge in [-0.3, -0.25) is 9.69 Å². The molecular formula is C23H24FN3O2S. The van der Waals surface area contributed by atoms with Crippen molar-refractivity contribution in [3.63, 3.8) is 0 Å². The van der Waals surface area contributed by atoms with E-state index in [0.717, 1.165) is 35.4 Å². The van der Waals surface area contributed by atoms with Crippen molar-refractivity contribution >= 4 is 27.5 Å². The van der Waals surface area contributed by atoms with Crippen molar-refractivity contribution in [3.05, 3.63) is 53.8 Å². The van der Waals surface area contributed by atoms with Crippen molar-refractivity contribution in [1.82, 2.24) is 15.2 Å². The minimum Gasteiger partial charge on any atom is -0.431 e. The van der Waals surface area contributed by atoms with Gasteiger partial charge in [-0.05, 0) is 61.6 Å². The molecule has 0 spiro atoms. The van der Waals surface area contributed by atoms with Gasteiger partial charge in [-0.2, -0.15) is 0 Å². The number of ether oxygens (including phenoxy) is 1. The average molecular weight is 426 g/mol. The first kappa shape index (κ1) is 19.5. The molecule has 1 N–H and O–H groups in total. The zero-order valence-electron chi connectivity index (χ0n) is 16.8. The number of amides is 1. The van der Waals surface area contributed by atoms with E-state index in [4.69, 9.17) is 4.74 Å². The Bertz CT molecular complexity index is 1050. The molecule has 0 unspecified atom stereocenters. The molecule has 3 heterocycles. The first-order chi connectivity index (χ1) is 14.5. The smallest absolute Gasteiger partial charge is 0.279 e. The summed E-state index contributed by atoms with van der Waals surface area (Å²) >= 11 is 1.34. The molecule has 30 heavy (non-hydrogen) atoms. The molecule has 1 aromatic heterocycles. The van der Waals surface area contributed by atoms with Crippen molar-refractivity contribution in [2.45, 2.75) is 57.3 Å². The lowest BCUT2D eigenvalue weighted by Crippen LogP contribution is -2.49. The Hall–Kier alpha value is -2.51.